The molecule has 2 aromatic carbocycles. The largest absolute Gasteiger partial charge is 0.469 e. The van der Waals surface area contributed by atoms with E-state index in [1.165, 1.54) is 14.2 Å². The number of benzene rings is 2. The number of aliphatic hydroxyl groups is 3. The number of anilines is 1. The van der Waals surface area contributed by atoms with Crippen molar-refractivity contribution in [1.29, 1.82) is 0 Å². The van der Waals surface area contributed by atoms with E-state index in [1.54, 1.807) is 6.92 Å². The summed E-state index contributed by atoms with van der Waals surface area (Å²) in [6.07, 6.45) is -6.02. The van der Waals surface area contributed by atoms with Gasteiger partial charge < -0.3 is 39.4 Å². The minimum Gasteiger partial charge on any atom is -0.469 e. The Morgan fingerprint density at radius 3 is 2.37 bits per heavy atom. The Bertz CT molecular complexity index is 1340. The Hall–Kier alpha value is -3.44. The van der Waals surface area contributed by atoms with Crippen molar-refractivity contribution in [2.75, 3.05) is 19.1 Å². The van der Waals surface area contributed by atoms with E-state index in [0.29, 0.717) is 16.9 Å². The highest BCUT2D eigenvalue weighted by atomic mass is 16.6. The molecule has 4 N–H and O–H groups in total. The molecule has 1 saturated heterocycles. The van der Waals surface area contributed by atoms with E-state index in [2.05, 4.69) is 4.98 Å². The van der Waals surface area contributed by atoms with E-state index in [-0.39, 0.29) is 12.8 Å². The maximum absolute atomic E-state index is 12.7. The second kappa shape index (κ2) is 10.4. The molecule has 1 fully saturated rings. The third kappa shape index (κ3) is 4.33. The number of fused-ring (bicyclic) bond motifs is 2. The van der Waals surface area contributed by atoms with Gasteiger partial charge in [-0.15, -0.1) is 0 Å². The minimum absolute atomic E-state index is 0.0191. The normalized spacial score (nSPS) is 28.8. The molecule has 5 rings (SSSR count). The molecule has 1 aromatic heterocycles. The highest BCUT2D eigenvalue weighted by molar-refractivity contribution is 5.89. The number of aromatic nitrogens is 1. The van der Waals surface area contributed by atoms with E-state index in [0.717, 1.165) is 16.5 Å². The number of hydrogen-bond donors (Lipinski definition) is 4. The molecule has 38 heavy (non-hydrogen) atoms. The number of ether oxygens (including phenoxy) is 3. The molecule has 0 radical (unpaired) electrons. The molecular weight excluding hydrogens is 492 g/mol. The first-order chi connectivity index (χ1) is 18.3. The number of aliphatic hydroxyl groups excluding tert-OH is 3. The number of hydrogen-bond acceptors (Lipinski definition) is 9. The maximum Gasteiger partial charge on any atom is 0.310 e. The molecule has 0 unspecified atom stereocenters. The van der Waals surface area contributed by atoms with Gasteiger partial charge in [-0.25, -0.2) is 0 Å². The Morgan fingerprint density at radius 2 is 1.63 bits per heavy atom. The Kier molecular flexibility index (Phi) is 7.15. The van der Waals surface area contributed by atoms with Crippen LogP contribution in [0.15, 0.2) is 48.5 Å². The fraction of sp³-hybridized carbons (Fsp3) is 0.429. The molecule has 3 heterocycles. The summed E-state index contributed by atoms with van der Waals surface area (Å²) in [6.45, 7) is 1.63. The zero-order valence-electron chi connectivity index (χ0n) is 21.4. The van der Waals surface area contributed by atoms with Crippen LogP contribution in [-0.2, 0) is 30.2 Å². The highest BCUT2D eigenvalue weighted by Crippen LogP contribution is 2.53. The average Bonchev–Trinajstić information content (AvgIpc) is 3.44. The summed E-state index contributed by atoms with van der Waals surface area (Å²) in [5, 5.41) is 33.0. The van der Waals surface area contributed by atoms with Gasteiger partial charge in [0.05, 0.1) is 39.2 Å². The molecule has 3 aromatic rings. The summed E-state index contributed by atoms with van der Waals surface area (Å²) in [5.74, 6) is -1.29. The predicted octanol–water partition coefficient (Wildman–Crippen LogP) is 1.92. The Labute approximate surface area is 219 Å². The van der Waals surface area contributed by atoms with Crippen LogP contribution in [0.1, 0.15) is 42.1 Å². The van der Waals surface area contributed by atoms with Gasteiger partial charge in [-0.2, -0.15) is 0 Å². The third-order valence-electron chi connectivity index (χ3n) is 7.70. The van der Waals surface area contributed by atoms with Gasteiger partial charge in [0.1, 0.15) is 18.3 Å². The summed E-state index contributed by atoms with van der Waals surface area (Å²) in [6, 6.07) is 14.4. The number of methoxy groups -OCH3 is 2. The van der Waals surface area contributed by atoms with Crippen molar-refractivity contribution in [3.05, 3.63) is 65.4 Å². The summed E-state index contributed by atoms with van der Waals surface area (Å²) < 4.78 is 16.1. The van der Waals surface area contributed by atoms with Crippen LogP contribution >= 0.6 is 0 Å². The molecular formula is C28H32N2O8. The molecule has 10 nitrogen and oxygen atoms in total. The first kappa shape index (κ1) is 26.2. The minimum atomic E-state index is -1.46. The number of carbonyl (C=O) groups is 2. The lowest BCUT2D eigenvalue weighted by Crippen LogP contribution is -2.62. The van der Waals surface area contributed by atoms with E-state index in [9.17, 15) is 24.9 Å². The van der Waals surface area contributed by atoms with E-state index < -0.39 is 54.5 Å². The molecule has 0 bridgehead atoms. The molecule has 202 valence electrons. The smallest absolute Gasteiger partial charge is 0.310 e. The quantitative estimate of drug-likeness (QED) is 0.356. The molecule has 0 saturated carbocycles. The SMILES string of the molecule is COC(=O)Cc1c([C@@H]2[C@@H](CC(=O)OC)c3ccccc3N2[C@H]2O[C@@H](C)[C@H](O)[C@@H](O)[C@H]2O)[nH]c2ccccc12. The van der Waals surface area contributed by atoms with E-state index in [1.807, 2.05) is 53.4 Å². The topological polar surface area (TPSA) is 142 Å². The number of rotatable bonds is 6. The second-order valence-electron chi connectivity index (χ2n) is 9.82. The van der Waals surface area contributed by atoms with Gasteiger partial charge in [0.25, 0.3) is 0 Å². The lowest BCUT2D eigenvalue weighted by atomic mass is 9.87. The van der Waals surface area contributed by atoms with Crippen LogP contribution in [0.3, 0.4) is 0 Å². The van der Waals surface area contributed by atoms with Crippen molar-refractivity contribution < 1.29 is 39.1 Å². The second-order valence-corrected chi connectivity index (χ2v) is 9.82. The van der Waals surface area contributed by atoms with Gasteiger partial charge in [0.2, 0.25) is 0 Å². The number of esters is 2. The highest BCUT2D eigenvalue weighted by Gasteiger charge is 2.52. The van der Waals surface area contributed by atoms with Crippen LogP contribution < -0.4 is 4.90 Å². The molecule has 10 heteroatoms. The van der Waals surface area contributed by atoms with Crippen LogP contribution in [0.25, 0.3) is 10.9 Å². The third-order valence-corrected chi connectivity index (χ3v) is 7.70. The summed E-state index contributed by atoms with van der Waals surface area (Å²) in [5.41, 5.74) is 3.68. The van der Waals surface area contributed by atoms with Crippen molar-refractivity contribution in [2.45, 2.75) is 62.4 Å². The van der Waals surface area contributed by atoms with Crippen LogP contribution in [0.5, 0.6) is 0 Å². The Morgan fingerprint density at radius 1 is 0.947 bits per heavy atom. The van der Waals surface area contributed by atoms with Crippen molar-refractivity contribution in [2.24, 2.45) is 0 Å². The standard InChI is InChI=1S/C28H32N2O8/c1-14-25(33)26(34)27(35)28(38-14)30-20-11-7-5-9-16(20)18(13-22(32)37-3)24(30)23-17(12-21(31)36-2)15-8-4-6-10-19(15)29-23/h4-11,14,18,24-29,33-35H,12-13H2,1-3H3/t14-,18-,24-,25-,26+,27+,28-/m0/s1. The van der Waals surface area contributed by atoms with Gasteiger partial charge in [-0.1, -0.05) is 36.4 Å². The fourth-order valence-electron chi connectivity index (χ4n) is 5.81. The number of para-hydroxylation sites is 2. The summed E-state index contributed by atoms with van der Waals surface area (Å²) in [7, 11) is 2.66. The van der Waals surface area contributed by atoms with E-state index >= 15 is 0 Å². The lowest BCUT2D eigenvalue weighted by Gasteiger charge is -2.46. The van der Waals surface area contributed by atoms with Crippen molar-refractivity contribution in [3.63, 3.8) is 0 Å². The summed E-state index contributed by atoms with van der Waals surface area (Å²) in [4.78, 5) is 30.5. The number of H-pyrrole nitrogens is 1. The number of nitrogens with zero attached hydrogens (tertiary/aromatic N) is 1. The zero-order chi connectivity index (χ0) is 27.1. The van der Waals surface area contributed by atoms with Gasteiger partial charge in [0, 0.05) is 28.2 Å². The number of carbonyl (C=O) groups excluding carboxylic acids is 2. The Balaban J connectivity index is 1.73. The van der Waals surface area contributed by atoms with Crippen molar-refractivity contribution in [3.8, 4) is 0 Å². The lowest BCUT2D eigenvalue weighted by molar-refractivity contribution is -0.218. The maximum atomic E-state index is 12.7. The first-order valence-corrected chi connectivity index (χ1v) is 12.6. The van der Waals surface area contributed by atoms with Crippen LogP contribution in [0, 0.1) is 0 Å². The monoisotopic (exact) mass is 524 g/mol. The van der Waals surface area contributed by atoms with E-state index in [4.69, 9.17) is 14.2 Å². The van der Waals surface area contributed by atoms with Crippen molar-refractivity contribution in [1.82, 2.24) is 4.98 Å². The molecule has 2 aliphatic rings. The van der Waals surface area contributed by atoms with Crippen LogP contribution in [-0.4, -0.2) is 77.1 Å². The van der Waals surface area contributed by atoms with Crippen LogP contribution in [0.2, 0.25) is 0 Å². The number of aromatic amines is 1. The van der Waals surface area contributed by atoms with Crippen molar-refractivity contribution >= 4 is 28.5 Å². The molecule has 0 amide bonds. The molecule has 7 atom stereocenters. The average molecular weight is 525 g/mol. The van der Waals surface area contributed by atoms with Gasteiger partial charge in [-0.3, -0.25) is 9.59 Å². The summed E-state index contributed by atoms with van der Waals surface area (Å²) >= 11 is 0. The van der Waals surface area contributed by atoms with Gasteiger partial charge >= 0.3 is 11.9 Å². The predicted molar refractivity (Wildman–Crippen MR) is 137 cm³/mol. The zero-order valence-corrected chi connectivity index (χ0v) is 21.4. The van der Waals surface area contributed by atoms with Gasteiger partial charge in [0.15, 0.2) is 6.23 Å². The molecule has 0 aliphatic carbocycles. The molecule has 2 aliphatic heterocycles. The first-order valence-electron chi connectivity index (χ1n) is 12.6. The number of nitrogens with one attached hydrogen (secondary N) is 1. The fourth-order valence-corrected chi connectivity index (χ4v) is 5.81. The molecule has 0 spiro atoms. The van der Waals surface area contributed by atoms with Gasteiger partial charge in [-0.05, 0) is 30.2 Å². The van der Waals surface area contributed by atoms with Crippen LogP contribution in [0.4, 0.5) is 5.69 Å².